The lowest BCUT2D eigenvalue weighted by Crippen LogP contribution is -2.22. The minimum absolute atomic E-state index is 0.0420. The summed E-state index contributed by atoms with van der Waals surface area (Å²) in [5, 5.41) is 10.6. The highest BCUT2D eigenvalue weighted by atomic mass is 16.6. The summed E-state index contributed by atoms with van der Waals surface area (Å²) in [4.78, 5) is 33.3. The second-order valence-corrected chi connectivity index (χ2v) is 4.82. The van der Waals surface area contributed by atoms with E-state index in [0.29, 0.717) is 17.7 Å². The quantitative estimate of drug-likeness (QED) is 0.483. The first kappa shape index (κ1) is 14.8. The first-order valence-corrected chi connectivity index (χ1v) is 6.77. The summed E-state index contributed by atoms with van der Waals surface area (Å²) >= 11 is 0. The Morgan fingerprint density at radius 1 is 1.22 bits per heavy atom. The van der Waals surface area contributed by atoms with Gasteiger partial charge in [-0.2, -0.15) is 0 Å². The van der Waals surface area contributed by atoms with Gasteiger partial charge in [0.1, 0.15) is 5.76 Å². The van der Waals surface area contributed by atoms with Gasteiger partial charge in [0.05, 0.1) is 11.5 Å². The summed E-state index contributed by atoms with van der Waals surface area (Å²) in [5.74, 6) is -1.03. The second-order valence-electron chi connectivity index (χ2n) is 4.82. The van der Waals surface area contributed by atoms with Crippen LogP contribution in [0.3, 0.4) is 0 Å². The third kappa shape index (κ3) is 3.05. The van der Waals surface area contributed by atoms with Gasteiger partial charge in [-0.1, -0.05) is 0 Å². The molecule has 0 bridgehead atoms. The van der Waals surface area contributed by atoms with Crippen LogP contribution in [0.1, 0.15) is 17.0 Å². The zero-order valence-electron chi connectivity index (χ0n) is 11.8. The Labute approximate surface area is 129 Å². The molecule has 2 heterocycles. The first-order valence-electron chi connectivity index (χ1n) is 6.77. The van der Waals surface area contributed by atoms with Crippen molar-refractivity contribution in [1.29, 1.82) is 0 Å². The highest BCUT2D eigenvalue weighted by Crippen LogP contribution is 2.25. The fourth-order valence-corrected chi connectivity index (χ4v) is 2.12. The van der Waals surface area contributed by atoms with Crippen LogP contribution in [-0.2, 0) is 14.3 Å². The van der Waals surface area contributed by atoms with Crippen molar-refractivity contribution in [2.24, 2.45) is 0 Å². The van der Waals surface area contributed by atoms with E-state index in [-0.39, 0.29) is 18.1 Å². The van der Waals surface area contributed by atoms with Crippen LogP contribution in [0.4, 0.5) is 5.69 Å². The van der Waals surface area contributed by atoms with Gasteiger partial charge < -0.3 is 13.9 Å². The van der Waals surface area contributed by atoms with Crippen LogP contribution >= 0.6 is 0 Å². The third-order valence-corrected chi connectivity index (χ3v) is 3.31. The molecule has 0 radical (unpaired) electrons. The number of rotatable bonds is 4. The van der Waals surface area contributed by atoms with Crippen LogP contribution in [-0.4, -0.2) is 29.6 Å². The van der Waals surface area contributed by atoms with Gasteiger partial charge in [-0.3, -0.25) is 10.1 Å². The number of cyclic esters (lactones) is 1. The van der Waals surface area contributed by atoms with E-state index in [1.807, 2.05) is 0 Å². The van der Waals surface area contributed by atoms with Crippen molar-refractivity contribution in [3.63, 3.8) is 0 Å². The van der Waals surface area contributed by atoms with Crippen LogP contribution in [0.25, 0.3) is 11.3 Å². The van der Waals surface area contributed by atoms with Gasteiger partial charge in [-0.25, -0.2) is 9.59 Å². The molecule has 1 aliphatic rings. The molecule has 0 unspecified atom stereocenters. The Balaban J connectivity index is 1.73. The van der Waals surface area contributed by atoms with Crippen LogP contribution in [0.15, 0.2) is 40.8 Å². The molecule has 118 valence electrons. The smallest absolute Gasteiger partial charge is 0.375 e. The van der Waals surface area contributed by atoms with E-state index in [9.17, 15) is 19.7 Å². The van der Waals surface area contributed by atoms with E-state index in [0.717, 1.165) is 0 Å². The molecular weight excluding hydrogens is 306 g/mol. The standard InChI is InChI=1S/C15H11NO7/c17-14-13(7-8-21-14)23-15(18)12-6-5-11(22-12)9-1-3-10(4-2-9)16(19)20/h1-6,13H,7-8H2/t13-/m1/s1. The van der Waals surface area contributed by atoms with Crippen molar-refractivity contribution in [2.75, 3.05) is 6.61 Å². The SMILES string of the molecule is O=C(O[C@@H]1CCOC1=O)c1ccc(-c2ccc([N+](=O)[O-])cc2)o1. The lowest BCUT2D eigenvalue weighted by atomic mass is 10.1. The monoisotopic (exact) mass is 317 g/mol. The Morgan fingerprint density at radius 2 is 1.96 bits per heavy atom. The van der Waals surface area contributed by atoms with Crippen LogP contribution < -0.4 is 0 Å². The van der Waals surface area contributed by atoms with E-state index < -0.39 is 23.0 Å². The van der Waals surface area contributed by atoms with Crippen molar-refractivity contribution in [3.05, 3.63) is 52.3 Å². The molecule has 1 atom stereocenters. The summed E-state index contributed by atoms with van der Waals surface area (Å²) in [6.07, 6.45) is -0.587. The van der Waals surface area contributed by atoms with Gasteiger partial charge in [-0.05, 0) is 24.3 Å². The number of nitro groups is 1. The topological polar surface area (TPSA) is 109 Å². The fourth-order valence-electron chi connectivity index (χ4n) is 2.12. The van der Waals surface area contributed by atoms with E-state index in [1.54, 1.807) is 6.07 Å². The molecule has 1 fully saturated rings. The molecule has 2 aromatic rings. The number of non-ortho nitro benzene ring substituents is 1. The predicted octanol–water partition coefficient (Wildman–Crippen LogP) is 2.33. The minimum atomic E-state index is -0.907. The number of hydrogen-bond donors (Lipinski definition) is 0. The van der Waals surface area contributed by atoms with Crippen molar-refractivity contribution in [1.82, 2.24) is 0 Å². The Hall–Kier alpha value is -3.16. The van der Waals surface area contributed by atoms with Crippen molar-refractivity contribution >= 4 is 17.6 Å². The molecular formula is C15H11NO7. The molecule has 1 aromatic heterocycles. The van der Waals surface area contributed by atoms with Gasteiger partial charge in [-0.15, -0.1) is 0 Å². The molecule has 8 heteroatoms. The number of hydrogen-bond acceptors (Lipinski definition) is 7. The van der Waals surface area contributed by atoms with E-state index in [1.165, 1.54) is 30.3 Å². The number of nitrogens with zero attached hydrogens (tertiary/aromatic N) is 1. The number of carbonyl (C=O) groups excluding carboxylic acids is 2. The Kier molecular flexibility index (Phi) is 3.80. The number of carbonyl (C=O) groups is 2. The number of nitro benzene ring substituents is 1. The van der Waals surface area contributed by atoms with E-state index >= 15 is 0 Å². The molecule has 1 aliphatic heterocycles. The molecule has 1 saturated heterocycles. The molecule has 23 heavy (non-hydrogen) atoms. The molecule has 0 amide bonds. The average molecular weight is 317 g/mol. The minimum Gasteiger partial charge on any atom is -0.463 e. The Bertz CT molecular complexity index is 762. The lowest BCUT2D eigenvalue weighted by molar-refractivity contribution is -0.384. The fraction of sp³-hybridized carbons (Fsp3) is 0.200. The number of furan rings is 1. The van der Waals surface area contributed by atoms with Gasteiger partial charge in [0, 0.05) is 24.1 Å². The molecule has 0 saturated carbocycles. The van der Waals surface area contributed by atoms with Gasteiger partial charge in [0.2, 0.25) is 11.9 Å². The van der Waals surface area contributed by atoms with E-state index in [4.69, 9.17) is 13.9 Å². The summed E-state index contributed by atoms with van der Waals surface area (Å²) in [6.45, 7) is 0.225. The summed E-state index contributed by atoms with van der Waals surface area (Å²) in [6, 6.07) is 8.67. The first-order chi connectivity index (χ1) is 11.0. The van der Waals surface area contributed by atoms with Gasteiger partial charge in [0.25, 0.3) is 5.69 Å². The number of esters is 2. The van der Waals surface area contributed by atoms with Gasteiger partial charge >= 0.3 is 11.9 Å². The number of benzene rings is 1. The van der Waals surface area contributed by atoms with Crippen LogP contribution in [0.2, 0.25) is 0 Å². The molecule has 3 rings (SSSR count). The highest BCUT2D eigenvalue weighted by Gasteiger charge is 2.31. The van der Waals surface area contributed by atoms with Crippen molar-refractivity contribution in [3.8, 4) is 11.3 Å². The maximum Gasteiger partial charge on any atom is 0.375 e. The highest BCUT2D eigenvalue weighted by molar-refractivity contribution is 5.89. The number of ether oxygens (including phenoxy) is 2. The maximum absolute atomic E-state index is 11.9. The molecule has 0 spiro atoms. The van der Waals surface area contributed by atoms with Crippen molar-refractivity contribution in [2.45, 2.75) is 12.5 Å². The summed E-state index contributed by atoms with van der Waals surface area (Å²) < 4.78 is 15.1. The molecule has 1 aromatic carbocycles. The van der Waals surface area contributed by atoms with Crippen molar-refractivity contribution < 1.29 is 28.4 Å². The summed E-state index contributed by atoms with van der Waals surface area (Å²) in [5.41, 5.74) is 0.537. The lowest BCUT2D eigenvalue weighted by Gasteiger charge is -2.06. The zero-order valence-corrected chi connectivity index (χ0v) is 11.8. The second kappa shape index (κ2) is 5.91. The molecule has 0 aliphatic carbocycles. The van der Waals surface area contributed by atoms with E-state index in [2.05, 4.69) is 0 Å². The summed E-state index contributed by atoms with van der Waals surface area (Å²) in [7, 11) is 0. The third-order valence-electron chi connectivity index (χ3n) is 3.31. The predicted molar refractivity (Wildman–Crippen MR) is 75.6 cm³/mol. The van der Waals surface area contributed by atoms with Gasteiger partial charge in [0.15, 0.2) is 0 Å². The molecule has 0 N–H and O–H groups in total. The molecule has 8 nitrogen and oxygen atoms in total. The van der Waals surface area contributed by atoms with Crippen LogP contribution in [0, 0.1) is 10.1 Å². The normalized spacial score (nSPS) is 16.9. The largest absolute Gasteiger partial charge is 0.463 e. The maximum atomic E-state index is 11.9. The average Bonchev–Trinajstić information content (AvgIpc) is 3.17. The Morgan fingerprint density at radius 3 is 2.57 bits per heavy atom. The zero-order chi connectivity index (χ0) is 16.4. The van der Waals surface area contributed by atoms with Crippen LogP contribution in [0.5, 0.6) is 0 Å².